The number of aromatic nitrogens is 2. The first-order valence-corrected chi connectivity index (χ1v) is 8.81. The summed E-state index contributed by atoms with van der Waals surface area (Å²) in [7, 11) is 0. The molecule has 0 aliphatic heterocycles. The van der Waals surface area contributed by atoms with E-state index in [1.807, 2.05) is 30.3 Å². The molecule has 26 heavy (non-hydrogen) atoms. The van der Waals surface area contributed by atoms with Crippen LogP contribution >= 0.6 is 0 Å². The number of rotatable bonds is 10. The Balaban J connectivity index is 2.19. The van der Waals surface area contributed by atoms with E-state index in [4.69, 9.17) is 4.74 Å². The second kappa shape index (κ2) is 10.4. The van der Waals surface area contributed by atoms with Crippen LogP contribution in [0.4, 0.5) is 11.8 Å². The third-order valence-electron chi connectivity index (χ3n) is 3.74. The van der Waals surface area contributed by atoms with Gasteiger partial charge in [-0.15, -0.1) is 0 Å². The highest BCUT2D eigenvalue weighted by Crippen LogP contribution is 2.25. The molecule has 0 saturated heterocycles. The maximum absolute atomic E-state index is 11.3. The van der Waals surface area contributed by atoms with Gasteiger partial charge in [-0.05, 0) is 18.4 Å². The topological polar surface area (TPSA) is 96.4 Å². The highest BCUT2D eigenvalue weighted by Gasteiger charge is 2.14. The van der Waals surface area contributed by atoms with E-state index >= 15 is 0 Å². The van der Waals surface area contributed by atoms with Gasteiger partial charge in [-0.1, -0.05) is 43.7 Å². The second-order valence-corrected chi connectivity index (χ2v) is 6.00. The summed E-state index contributed by atoms with van der Waals surface area (Å²) < 4.78 is 5.88. The van der Waals surface area contributed by atoms with Crippen molar-refractivity contribution in [2.45, 2.75) is 45.8 Å². The molecule has 0 aliphatic carbocycles. The van der Waals surface area contributed by atoms with E-state index in [1.54, 1.807) is 6.20 Å². The molecule has 0 fully saturated rings. The van der Waals surface area contributed by atoms with Crippen LogP contribution in [-0.2, 0) is 11.4 Å². The highest BCUT2D eigenvalue weighted by atomic mass is 16.5. The maximum Gasteiger partial charge on any atom is 0.231 e. The lowest BCUT2D eigenvalue weighted by Crippen LogP contribution is -2.22. The lowest BCUT2D eigenvalue weighted by molar-refractivity contribution is -0.114. The Hall–Kier alpha value is -2.67. The molecule has 1 atom stereocenters. The molecule has 7 nitrogen and oxygen atoms in total. The molecule has 1 aromatic heterocycles. The minimum absolute atomic E-state index is 0.0594. The third kappa shape index (κ3) is 6.33. The highest BCUT2D eigenvalue weighted by molar-refractivity contribution is 5.86. The molecule has 1 heterocycles. The van der Waals surface area contributed by atoms with Crippen LogP contribution in [0, 0.1) is 0 Å². The number of ether oxygens (including phenoxy) is 1. The summed E-state index contributed by atoms with van der Waals surface area (Å²) >= 11 is 0. The monoisotopic (exact) mass is 358 g/mol. The molecule has 3 N–H and O–H groups in total. The van der Waals surface area contributed by atoms with E-state index in [2.05, 4.69) is 27.5 Å². The number of aliphatic hydroxyl groups is 1. The molecule has 2 aromatic rings. The molecular formula is C19H26N4O3. The molecule has 7 heteroatoms. The van der Waals surface area contributed by atoms with Crippen LogP contribution in [0.3, 0.4) is 0 Å². The van der Waals surface area contributed by atoms with Crippen molar-refractivity contribution in [2.75, 3.05) is 17.2 Å². The Kier molecular flexibility index (Phi) is 7.82. The first-order chi connectivity index (χ1) is 12.6. The first kappa shape index (κ1) is 19.7. The number of nitrogens with zero attached hydrogens (tertiary/aromatic N) is 2. The van der Waals surface area contributed by atoms with E-state index in [1.165, 1.54) is 6.92 Å². The number of aliphatic hydroxyl groups excluding tert-OH is 1. The van der Waals surface area contributed by atoms with Crippen LogP contribution in [0.15, 0.2) is 36.5 Å². The van der Waals surface area contributed by atoms with E-state index < -0.39 is 0 Å². The number of carbonyl (C=O) groups is 1. The zero-order chi connectivity index (χ0) is 18.8. The van der Waals surface area contributed by atoms with Gasteiger partial charge in [0, 0.05) is 19.6 Å². The van der Waals surface area contributed by atoms with E-state index in [0.29, 0.717) is 24.6 Å². The Morgan fingerprint density at radius 2 is 2.04 bits per heavy atom. The van der Waals surface area contributed by atoms with Gasteiger partial charge in [0.15, 0.2) is 11.6 Å². The summed E-state index contributed by atoms with van der Waals surface area (Å²) in [5.74, 6) is 0.981. The molecule has 0 aliphatic rings. The first-order valence-electron chi connectivity index (χ1n) is 8.81. The number of carbonyl (C=O) groups excluding carboxylic acids is 1. The number of hydrogen-bond donors (Lipinski definition) is 3. The average Bonchev–Trinajstić information content (AvgIpc) is 2.62. The van der Waals surface area contributed by atoms with Gasteiger partial charge in [-0.25, -0.2) is 4.98 Å². The summed E-state index contributed by atoms with van der Waals surface area (Å²) in [4.78, 5) is 19.8. The number of hydrogen-bond acceptors (Lipinski definition) is 6. The van der Waals surface area contributed by atoms with Crippen LogP contribution in [0.2, 0.25) is 0 Å². The number of benzene rings is 1. The van der Waals surface area contributed by atoms with Gasteiger partial charge >= 0.3 is 0 Å². The Labute approximate surface area is 153 Å². The molecule has 0 spiro atoms. The molecule has 0 saturated carbocycles. The minimum Gasteiger partial charge on any atom is -0.483 e. The van der Waals surface area contributed by atoms with Crippen molar-refractivity contribution in [3.05, 3.63) is 42.1 Å². The number of anilines is 2. The lowest BCUT2D eigenvalue weighted by atomic mass is 10.1. The zero-order valence-electron chi connectivity index (χ0n) is 15.2. The summed E-state index contributed by atoms with van der Waals surface area (Å²) in [5, 5.41) is 15.2. The summed E-state index contributed by atoms with van der Waals surface area (Å²) in [6, 6.07) is 9.87. The standard InChI is InChI=1S/C19H26N4O3/c1-3-7-16(10-11-24)22-18-17(12-20-19(23-18)21-14(2)25)26-13-15-8-5-4-6-9-15/h4-6,8-9,12,16,24H,3,7,10-11,13H2,1-2H3,(H2,20,21,22,23,25). The van der Waals surface area contributed by atoms with Crippen molar-refractivity contribution in [2.24, 2.45) is 0 Å². The predicted octanol–water partition coefficient (Wildman–Crippen LogP) is 2.98. The van der Waals surface area contributed by atoms with Gasteiger partial charge in [0.1, 0.15) is 6.61 Å². The quantitative estimate of drug-likeness (QED) is 0.604. The van der Waals surface area contributed by atoms with Gasteiger partial charge in [0.05, 0.1) is 6.20 Å². The molecular weight excluding hydrogens is 332 g/mol. The van der Waals surface area contributed by atoms with Gasteiger partial charge in [0.2, 0.25) is 11.9 Å². The number of nitrogens with one attached hydrogen (secondary N) is 2. The molecule has 1 aromatic carbocycles. The minimum atomic E-state index is -0.241. The zero-order valence-corrected chi connectivity index (χ0v) is 15.2. The van der Waals surface area contributed by atoms with Crippen LogP contribution < -0.4 is 15.4 Å². The van der Waals surface area contributed by atoms with Gasteiger partial charge < -0.3 is 15.2 Å². The Bertz CT molecular complexity index is 688. The van der Waals surface area contributed by atoms with E-state index in [9.17, 15) is 9.90 Å². The molecule has 2 rings (SSSR count). The van der Waals surface area contributed by atoms with Crippen molar-refractivity contribution in [1.29, 1.82) is 0 Å². The lowest BCUT2D eigenvalue weighted by Gasteiger charge is -2.20. The van der Waals surface area contributed by atoms with E-state index in [-0.39, 0.29) is 24.5 Å². The van der Waals surface area contributed by atoms with Gasteiger partial charge in [0.25, 0.3) is 0 Å². The molecule has 1 amide bonds. The third-order valence-corrected chi connectivity index (χ3v) is 3.74. The van der Waals surface area contributed by atoms with Crippen molar-refractivity contribution < 1.29 is 14.6 Å². The van der Waals surface area contributed by atoms with Crippen LogP contribution in [0.5, 0.6) is 5.75 Å². The molecule has 1 unspecified atom stereocenters. The summed E-state index contributed by atoms with van der Waals surface area (Å²) in [5.41, 5.74) is 1.03. The second-order valence-electron chi connectivity index (χ2n) is 6.00. The fourth-order valence-electron chi connectivity index (χ4n) is 2.52. The fraction of sp³-hybridized carbons (Fsp3) is 0.421. The Morgan fingerprint density at radius 1 is 1.27 bits per heavy atom. The number of amides is 1. The van der Waals surface area contributed by atoms with E-state index in [0.717, 1.165) is 18.4 Å². The van der Waals surface area contributed by atoms with Gasteiger partial charge in [-0.3, -0.25) is 10.1 Å². The van der Waals surface area contributed by atoms with Crippen LogP contribution in [-0.4, -0.2) is 33.6 Å². The largest absolute Gasteiger partial charge is 0.483 e. The van der Waals surface area contributed by atoms with Crippen molar-refractivity contribution in [3.63, 3.8) is 0 Å². The molecule has 0 radical (unpaired) electrons. The summed E-state index contributed by atoms with van der Waals surface area (Å²) in [6.07, 6.45) is 4.01. The van der Waals surface area contributed by atoms with Crippen LogP contribution in [0.25, 0.3) is 0 Å². The SMILES string of the molecule is CCCC(CCO)Nc1nc(NC(C)=O)ncc1OCc1ccccc1. The smallest absolute Gasteiger partial charge is 0.231 e. The van der Waals surface area contributed by atoms with Gasteiger partial charge in [-0.2, -0.15) is 4.98 Å². The fourth-order valence-corrected chi connectivity index (χ4v) is 2.52. The normalized spacial score (nSPS) is 11.7. The summed E-state index contributed by atoms with van der Waals surface area (Å²) in [6.45, 7) is 3.96. The Morgan fingerprint density at radius 3 is 2.69 bits per heavy atom. The predicted molar refractivity (Wildman–Crippen MR) is 101 cm³/mol. The molecule has 140 valence electrons. The van der Waals surface area contributed by atoms with Crippen molar-refractivity contribution in [3.8, 4) is 5.75 Å². The van der Waals surface area contributed by atoms with Crippen molar-refractivity contribution in [1.82, 2.24) is 9.97 Å². The maximum atomic E-state index is 11.3. The average molecular weight is 358 g/mol. The van der Waals surface area contributed by atoms with Crippen LogP contribution in [0.1, 0.15) is 38.7 Å². The molecule has 0 bridgehead atoms. The van der Waals surface area contributed by atoms with Crippen molar-refractivity contribution >= 4 is 17.7 Å².